The Hall–Kier alpha value is -1.99. The van der Waals surface area contributed by atoms with Gasteiger partial charge >= 0.3 is 5.97 Å². The molecule has 16 heavy (non-hydrogen) atoms. The zero-order valence-corrected chi connectivity index (χ0v) is 8.38. The Morgan fingerprint density at radius 3 is 2.88 bits per heavy atom. The summed E-state index contributed by atoms with van der Waals surface area (Å²) < 4.78 is 0. The number of amides is 1. The standard InChI is InChI=1S/C8H11N5O3/c14-7(6-10-12-13-11-6)9-5-3-1-2-4(5)8(15)16/h4-5H,1-3H2,(H,9,14)(H,15,16)(H,10,11,12,13)/t4-,5-/m0/s1. The van der Waals surface area contributed by atoms with Crippen molar-refractivity contribution in [3.63, 3.8) is 0 Å². The summed E-state index contributed by atoms with van der Waals surface area (Å²) in [5, 5.41) is 24.0. The highest BCUT2D eigenvalue weighted by Crippen LogP contribution is 2.25. The largest absolute Gasteiger partial charge is 0.481 e. The van der Waals surface area contributed by atoms with Gasteiger partial charge in [-0.15, -0.1) is 10.2 Å². The van der Waals surface area contributed by atoms with Crippen molar-refractivity contribution < 1.29 is 14.7 Å². The minimum Gasteiger partial charge on any atom is -0.481 e. The molecule has 1 fully saturated rings. The van der Waals surface area contributed by atoms with E-state index in [1.54, 1.807) is 0 Å². The quantitative estimate of drug-likeness (QED) is 0.618. The van der Waals surface area contributed by atoms with Gasteiger partial charge in [0, 0.05) is 6.04 Å². The third-order valence-corrected chi connectivity index (χ3v) is 2.70. The summed E-state index contributed by atoms with van der Waals surface area (Å²) >= 11 is 0. The van der Waals surface area contributed by atoms with E-state index >= 15 is 0 Å². The van der Waals surface area contributed by atoms with E-state index in [-0.39, 0.29) is 11.9 Å². The van der Waals surface area contributed by atoms with Gasteiger partial charge in [-0.2, -0.15) is 5.21 Å². The van der Waals surface area contributed by atoms with Crippen LogP contribution in [0.25, 0.3) is 0 Å². The maximum atomic E-state index is 11.5. The second-order valence-electron chi connectivity index (χ2n) is 3.69. The molecule has 0 aromatic carbocycles. The lowest BCUT2D eigenvalue weighted by Gasteiger charge is -2.16. The number of aromatic nitrogens is 4. The van der Waals surface area contributed by atoms with Crippen LogP contribution in [0.2, 0.25) is 0 Å². The average molecular weight is 225 g/mol. The number of carboxylic acids is 1. The van der Waals surface area contributed by atoms with Gasteiger partial charge in [0.15, 0.2) is 0 Å². The number of hydrogen-bond acceptors (Lipinski definition) is 5. The number of rotatable bonds is 3. The molecule has 2 rings (SSSR count). The third-order valence-electron chi connectivity index (χ3n) is 2.70. The van der Waals surface area contributed by atoms with E-state index in [1.807, 2.05) is 0 Å². The topological polar surface area (TPSA) is 121 Å². The summed E-state index contributed by atoms with van der Waals surface area (Å²) in [7, 11) is 0. The molecule has 1 aromatic rings. The lowest BCUT2D eigenvalue weighted by atomic mass is 10.0. The molecule has 8 nitrogen and oxygen atoms in total. The van der Waals surface area contributed by atoms with E-state index in [4.69, 9.17) is 5.11 Å². The number of nitrogens with zero attached hydrogens (tertiary/aromatic N) is 3. The molecule has 86 valence electrons. The van der Waals surface area contributed by atoms with Crippen LogP contribution in [-0.4, -0.2) is 43.6 Å². The number of nitrogens with one attached hydrogen (secondary N) is 2. The molecule has 0 saturated heterocycles. The fourth-order valence-electron chi connectivity index (χ4n) is 1.92. The van der Waals surface area contributed by atoms with E-state index in [0.29, 0.717) is 12.8 Å². The average Bonchev–Trinajstić information content (AvgIpc) is 2.86. The Balaban J connectivity index is 1.99. The van der Waals surface area contributed by atoms with Crippen LogP contribution in [0.15, 0.2) is 0 Å². The van der Waals surface area contributed by atoms with Gasteiger partial charge in [-0.05, 0) is 18.1 Å². The normalized spacial score (nSPS) is 24.2. The highest BCUT2D eigenvalue weighted by molar-refractivity contribution is 5.90. The monoisotopic (exact) mass is 225 g/mol. The van der Waals surface area contributed by atoms with Gasteiger partial charge < -0.3 is 10.4 Å². The van der Waals surface area contributed by atoms with E-state index in [9.17, 15) is 9.59 Å². The molecule has 1 aliphatic carbocycles. The highest BCUT2D eigenvalue weighted by atomic mass is 16.4. The Bertz CT molecular complexity index is 390. The molecule has 8 heteroatoms. The van der Waals surface area contributed by atoms with Gasteiger partial charge in [0.25, 0.3) is 11.7 Å². The van der Waals surface area contributed by atoms with Crippen LogP contribution in [0.5, 0.6) is 0 Å². The maximum Gasteiger partial charge on any atom is 0.308 e. The predicted octanol–water partition coefficient (Wildman–Crippen LogP) is -0.817. The summed E-state index contributed by atoms with van der Waals surface area (Å²) in [6.45, 7) is 0. The maximum absolute atomic E-state index is 11.5. The number of H-pyrrole nitrogens is 1. The molecule has 3 N–H and O–H groups in total. The minimum atomic E-state index is -0.879. The van der Waals surface area contributed by atoms with Gasteiger partial charge in [-0.3, -0.25) is 9.59 Å². The van der Waals surface area contributed by atoms with Gasteiger partial charge in [0.05, 0.1) is 5.92 Å². The van der Waals surface area contributed by atoms with Crippen LogP contribution in [0.3, 0.4) is 0 Å². The minimum absolute atomic E-state index is 0.0731. The number of carbonyl (C=O) groups is 2. The van der Waals surface area contributed by atoms with E-state index in [0.717, 1.165) is 6.42 Å². The Morgan fingerprint density at radius 1 is 1.44 bits per heavy atom. The molecule has 1 aromatic heterocycles. The molecule has 0 bridgehead atoms. The molecule has 2 atom stereocenters. The van der Waals surface area contributed by atoms with Crippen molar-refractivity contribution in [1.29, 1.82) is 0 Å². The highest BCUT2D eigenvalue weighted by Gasteiger charge is 2.34. The van der Waals surface area contributed by atoms with Gasteiger partial charge in [-0.1, -0.05) is 6.42 Å². The van der Waals surface area contributed by atoms with E-state index < -0.39 is 17.8 Å². The van der Waals surface area contributed by atoms with Gasteiger partial charge in [-0.25, -0.2) is 0 Å². The third kappa shape index (κ3) is 2.00. The first kappa shape index (κ1) is 10.5. The summed E-state index contributed by atoms with van der Waals surface area (Å²) in [5.74, 6) is -1.96. The van der Waals surface area contributed by atoms with Gasteiger partial charge in [0.2, 0.25) is 0 Å². The van der Waals surface area contributed by atoms with Crippen LogP contribution in [-0.2, 0) is 4.79 Å². The van der Waals surface area contributed by atoms with Crippen LogP contribution in [0, 0.1) is 5.92 Å². The predicted molar refractivity (Wildman–Crippen MR) is 50.4 cm³/mol. The van der Waals surface area contributed by atoms with Crippen molar-refractivity contribution in [2.45, 2.75) is 25.3 Å². The second-order valence-corrected chi connectivity index (χ2v) is 3.69. The summed E-state index contributed by atoms with van der Waals surface area (Å²) in [4.78, 5) is 22.4. The lowest BCUT2D eigenvalue weighted by Crippen LogP contribution is -2.40. The van der Waals surface area contributed by atoms with Crippen molar-refractivity contribution in [2.75, 3.05) is 0 Å². The molecule has 0 spiro atoms. The molecular weight excluding hydrogens is 214 g/mol. The molecule has 0 radical (unpaired) electrons. The Kier molecular flexibility index (Phi) is 2.80. The SMILES string of the molecule is O=C(N[C@H]1CCC[C@@H]1C(=O)O)c1nn[nH]n1. The number of aliphatic carboxylic acids is 1. The zero-order chi connectivity index (χ0) is 11.5. The summed E-state index contributed by atoms with van der Waals surface area (Å²) in [6, 6.07) is -0.344. The molecule has 0 unspecified atom stereocenters. The molecular formula is C8H11N5O3. The Morgan fingerprint density at radius 2 is 2.25 bits per heavy atom. The first-order valence-electron chi connectivity index (χ1n) is 4.95. The molecule has 0 aliphatic heterocycles. The van der Waals surface area contributed by atoms with Crippen molar-refractivity contribution >= 4 is 11.9 Å². The fourth-order valence-corrected chi connectivity index (χ4v) is 1.92. The van der Waals surface area contributed by atoms with Crippen LogP contribution >= 0.6 is 0 Å². The van der Waals surface area contributed by atoms with Crippen molar-refractivity contribution in [3.05, 3.63) is 5.82 Å². The van der Waals surface area contributed by atoms with Crippen LogP contribution < -0.4 is 5.32 Å². The van der Waals surface area contributed by atoms with Crippen molar-refractivity contribution in [1.82, 2.24) is 25.9 Å². The number of carboxylic acid groups (broad SMARTS) is 1. The van der Waals surface area contributed by atoms with Gasteiger partial charge in [0.1, 0.15) is 0 Å². The molecule has 1 aliphatic rings. The zero-order valence-electron chi connectivity index (χ0n) is 8.38. The van der Waals surface area contributed by atoms with Crippen LogP contribution in [0.1, 0.15) is 29.9 Å². The fraction of sp³-hybridized carbons (Fsp3) is 0.625. The number of tetrazole rings is 1. The van der Waals surface area contributed by atoms with Crippen LogP contribution in [0.4, 0.5) is 0 Å². The van der Waals surface area contributed by atoms with Crippen molar-refractivity contribution in [2.24, 2.45) is 5.92 Å². The smallest absolute Gasteiger partial charge is 0.308 e. The molecule has 1 heterocycles. The lowest BCUT2D eigenvalue weighted by molar-refractivity contribution is -0.142. The number of hydrogen-bond donors (Lipinski definition) is 3. The van der Waals surface area contributed by atoms with E-state index in [1.165, 1.54) is 0 Å². The first-order chi connectivity index (χ1) is 7.68. The Labute approximate surface area is 90.4 Å². The van der Waals surface area contributed by atoms with Crippen molar-refractivity contribution in [3.8, 4) is 0 Å². The molecule has 1 amide bonds. The second kappa shape index (κ2) is 4.25. The number of carbonyl (C=O) groups excluding carboxylic acids is 1. The first-order valence-corrected chi connectivity index (χ1v) is 4.95. The summed E-state index contributed by atoms with van der Waals surface area (Å²) in [6.07, 6.45) is 2.06. The summed E-state index contributed by atoms with van der Waals surface area (Å²) in [5.41, 5.74) is 0. The van der Waals surface area contributed by atoms with E-state index in [2.05, 4.69) is 25.9 Å². The number of aromatic amines is 1. The molecule has 1 saturated carbocycles.